The third-order valence-electron chi connectivity index (χ3n) is 4.41. The molecule has 26 heavy (non-hydrogen) atoms. The molecule has 0 fully saturated rings. The van der Waals surface area contributed by atoms with Crippen molar-refractivity contribution in [3.8, 4) is 11.5 Å². The van der Waals surface area contributed by atoms with Crippen LogP contribution in [0.1, 0.15) is 23.9 Å². The minimum absolute atomic E-state index is 0.584. The molecule has 0 spiro atoms. The van der Waals surface area contributed by atoms with Crippen LogP contribution < -0.4 is 5.32 Å². The van der Waals surface area contributed by atoms with E-state index in [4.69, 9.17) is 4.52 Å². The topological polar surface area (TPSA) is 79.6 Å². The number of rotatable bonds is 7. The fourth-order valence-electron chi connectivity index (χ4n) is 2.89. The maximum Gasteiger partial charge on any atom is 0.257 e. The molecule has 4 aromatic rings. The quantitative estimate of drug-likeness (QED) is 0.500. The predicted molar refractivity (Wildman–Crippen MR) is 101 cm³/mol. The Bertz CT molecular complexity index is 987. The van der Waals surface area contributed by atoms with E-state index in [1.54, 1.807) is 0 Å². The molecule has 132 valence electrons. The number of aromatic amines is 1. The van der Waals surface area contributed by atoms with Gasteiger partial charge < -0.3 is 9.84 Å². The Morgan fingerprint density at radius 1 is 1.08 bits per heavy atom. The van der Waals surface area contributed by atoms with Crippen molar-refractivity contribution in [2.45, 2.75) is 26.3 Å². The average molecular weight is 347 g/mol. The number of benzene rings is 2. The van der Waals surface area contributed by atoms with Crippen LogP contribution in [0.25, 0.3) is 22.4 Å². The molecule has 2 aromatic heterocycles. The fourth-order valence-corrected chi connectivity index (χ4v) is 2.89. The van der Waals surface area contributed by atoms with Crippen LogP contribution in [-0.2, 0) is 19.4 Å². The van der Waals surface area contributed by atoms with Crippen molar-refractivity contribution in [2.75, 3.05) is 6.54 Å². The van der Waals surface area contributed by atoms with Crippen LogP contribution in [0.5, 0.6) is 0 Å². The number of nitrogens with one attached hydrogen (secondary N) is 2. The SMILES string of the molecule is CCc1noc(-c2ccc(CCNCc3ccc4cn[nH]c4c3)cc2)n1. The summed E-state index contributed by atoms with van der Waals surface area (Å²) in [6.45, 7) is 3.77. The number of aryl methyl sites for hydroxylation is 1. The van der Waals surface area contributed by atoms with E-state index in [0.29, 0.717) is 5.89 Å². The molecule has 6 heteroatoms. The molecule has 0 radical (unpaired) electrons. The molecule has 0 aliphatic heterocycles. The van der Waals surface area contributed by atoms with Crippen LogP contribution in [0.15, 0.2) is 53.2 Å². The smallest absolute Gasteiger partial charge is 0.257 e. The van der Waals surface area contributed by atoms with Gasteiger partial charge in [0.2, 0.25) is 0 Å². The van der Waals surface area contributed by atoms with Crippen LogP contribution >= 0.6 is 0 Å². The van der Waals surface area contributed by atoms with Crippen LogP contribution in [0.4, 0.5) is 0 Å². The van der Waals surface area contributed by atoms with Gasteiger partial charge in [0.05, 0.1) is 11.7 Å². The van der Waals surface area contributed by atoms with Crippen molar-refractivity contribution in [2.24, 2.45) is 0 Å². The first-order valence-corrected chi connectivity index (χ1v) is 8.86. The van der Waals surface area contributed by atoms with E-state index >= 15 is 0 Å². The zero-order valence-corrected chi connectivity index (χ0v) is 14.7. The molecule has 0 aliphatic rings. The van der Waals surface area contributed by atoms with Gasteiger partial charge in [-0.25, -0.2) is 0 Å². The first-order valence-electron chi connectivity index (χ1n) is 8.86. The predicted octanol–water partition coefficient (Wildman–Crippen LogP) is 3.51. The molecule has 0 saturated carbocycles. The Balaban J connectivity index is 1.29. The molecular formula is C20H21N5O. The Kier molecular flexibility index (Phi) is 4.75. The van der Waals surface area contributed by atoms with Gasteiger partial charge >= 0.3 is 0 Å². The molecule has 0 amide bonds. The van der Waals surface area contributed by atoms with Crippen LogP contribution in [0.2, 0.25) is 0 Å². The summed E-state index contributed by atoms with van der Waals surface area (Å²) in [5.41, 5.74) is 4.56. The lowest BCUT2D eigenvalue weighted by Gasteiger charge is -2.06. The molecule has 0 bridgehead atoms. The maximum absolute atomic E-state index is 5.27. The first kappa shape index (κ1) is 16.5. The lowest BCUT2D eigenvalue weighted by molar-refractivity contribution is 0.423. The Morgan fingerprint density at radius 3 is 2.73 bits per heavy atom. The van der Waals surface area contributed by atoms with Crippen molar-refractivity contribution in [3.63, 3.8) is 0 Å². The summed E-state index contributed by atoms with van der Waals surface area (Å²) in [4.78, 5) is 4.36. The Morgan fingerprint density at radius 2 is 1.92 bits per heavy atom. The number of aromatic nitrogens is 4. The van der Waals surface area contributed by atoms with Crippen LogP contribution in [0.3, 0.4) is 0 Å². The van der Waals surface area contributed by atoms with Gasteiger partial charge in [-0.2, -0.15) is 10.1 Å². The molecule has 4 rings (SSSR count). The summed E-state index contributed by atoms with van der Waals surface area (Å²) >= 11 is 0. The summed E-state index contributed by atoms with van der Waals surface area (Å²) in [5, 5.41) is 15.6. The van der Waals surface area contributed by atoms with E-state index in [1.165, 1.54) is 11.1 Å². The minimum Gasteiger partial charge on any atom is -0.334 e. The van der Waals surface area contributed by atoms with Crippen molar-refractivity contribution >= 4 is 10.9 Å². The first-order chi connectivity index (χ1) is 12.8. The summed E-state index contributed by atoms with van der Waals surface area (Å²) in [6.07, 6.45) is 3.59. The van der Waals surface area contributed by atoms with Gasteiger partial charge in [0.1, 0.15) is 0 Å². The van der Waals surface area contributed by atoms with Crippen molar-refractivity contribution in [1.82, 2.24) is 25.7 Å². The van der Waals surface area contributed by atoms with E-state index in [1.807, 2.05) is 25.3 Å². The molecule has 0 aliphatic carbocycles. The van der Waals surface area contributed by atoms with E-state index in [0.717, 1.165) is 48.2 Å². The molecule has 2 heterocycles. The highest BCUT2D eigenvalue weighted by Gasteiger charge is 2.07. The molecule has 0 unspecified atom stereocenters. The van der Waals surface area contributed by atoms with Gasteiger partial charge in [-0.15, -0.1) is 0 Å². The average Bonchev–Trinajstić information content (AvgIpc) is 3.34. The summed E-state index contributed by atoms with van der Waals surface area (Å²) < 4.78 is 5.27. The fraction of sp³-hybridized carbons (Fsp3) is 0.250. The highest BCUT2D eigenvalue weighted by Crippen LogP contribution is 2.18. The van der Waals surface area contributed by atoms with E-state index in [2.05, 4.69) is 56.0 Å². The van der Waals surface area contributed by atoms with Gasteiger partial charge in [-0.3, -0.25) is 5.10 Å². The Labute approximate surface area is 151 Å². The van der Waals surface area contributed by atoms with E-state index in [-0.39, 0.29) is 0 Å². The highest BCUT2D eigenvalue weighted by molar-refractivity contribution is 5.78. The van der Waals surface area contributed by atoms with Crippen molar-refractivity contribution in [3.05, 3.63) is 65.6 Å². The number of fused-ring (bicyclic) bond motifs is 1. The van der Waals surface area contributed by atoms with Gasteiger partial charge in [0.25, 0.3) is 5.89 Å². The molecule has 0 atom stereocenters. The van der Waals surface area contributed by atoms with Gasteiger partial charge in [-0.05, 0) is 42.3 Å². The third kappa shape index (κ3) is 3.65. The molecule has 0 saturated heterocycles. The molecule has 2 N–H and O–H groups in total. The largest absolute Gasteiger partial charge is 0.334 e. The molecular weight excluding hydrogens is 326 g/mol. The standard InChI is InChI=1S/C20H21N5O/c1-2-19-23-20(26-25-19)16-6-3-14(4-7-16)9-10-21-12-15-5-8-17-13-22-24-18(17)11-15/h3-8,11,13,21H,2,9-10,12H2,1H3,(H,22,24). The second-order valence-electron chi connectivity index (χ2n) is 6.28. The number of H-pyrrole nitrogens is 1. The van der Waals surface area contributed by atoms with Crippen molar-refractivity contribution in [1.29, 1.82) is 0 Å². The molecule has 6 nitrogen and oxygen atoms in total. The minimum atomic E-state index is 0.584. The van der Waals surface area contributed by atoms with Gasteiger partial charge in [0.15, 0.2) is 5.82 Å². The zero-order valence-electron chi connectivity index (χ0n) is 14.7. The normalized spacial score (nSPS) is 11.3. The second kappa shape index (κ2) is 7.49. The highest BCUT2D eigenvalue weighted by atomic mass is 16.5. The summed E-state index contributed by atoms with van der Waals surface area (Å²) in [7, 11) is 0. The number of hydrogen-bond acceptors (Lipinski definition) is 5. The van der Waals surface area contributed by atoms with Crippen molar-refractivity contribution < 1.29 is 4.52 Å². The number of nitrogens with zero attached hydrogens (tertiary/aromatic N) is 3. The van der Waals surface area contributed by atoms with E-state index < -0.39 is 0 Å². The zero-order chi connectivity index (χ0) is 17.8. The second-order valence-corrected chi connectivity index (χ2v) is 6.28. The summed E-state index contributed by atoms with van der Waals surface area (Å²) in [6, 6.07) is 14.7. The summed E-state index contributed by atoms with van der Waals surface area (Å²) in [5.74, 6) is 1.32. The van der Waals surface area contributed by atoms with Gasteiger partial charge in [0, 0.05) is 23.9 Å². The lowest BCUT2D eigenvalue weighted by atomic mass is 10.1. The van der Waals surface area contributed by atoms with Crippen LogP contribution in [0, 0.1) is 0 Å². The third-order valence-corrected chi connectivity index (χ3v) is 4.41. The maximum atomic E-state index is 5.27. The van der Waals surface area contributed by atoms with Gasteiger partial charge in [-0.1, -0.05) is 36.3 Å². The van der Waals surface area contributed by atoms with E-state index in [9.17, 15) is 0 Å². The molecule has 2 aromatic carbocycles. The number of hydrogen-bond donors (Lipinski definition) is 2. The lowest BCUT2D eigenvalue weighted by Crippen LogP contribution is -2.16. The van der Waals surface area contributed by atoms with Crippen LogP contribution in [-0.4, -0.2) is 26.9 Å². The Hall–Kier alpha value is -2.99. The monoisotopic (exact) mass is 347 g/mol.